The lowest BCUT2D eigenvalue weighted by atomic mass is 10.1. The average molecular weight is 351 g/mol. The van der Waals surface area contributed by atoms with Gasteiger partial charge in [0.2, 0.25) is 0 Å². The SMILES string of the molecule is COC(=O)[C@@H](Cc1cn2nc(Cl)ccc2n1)NC(=O)C(F)(F)F. The lowest BCUT2D eigenvalue weighted by Gasteiger charge is -2.16. The van der Waals surface area contributed by atoms with Crippen molar-refractivity contribution in [2.45, 2.75) is 18.6 Å². The highest BCUT2D eigenvalue weighted by Gasteiger charge is 2.41. The molecule has 0 saturated heterocycles. The van der Waals surface area contributed by atoms with Gasteiger partial charge >= 0.3 is 18.1 Å². The fourth-order valence-corrected chi connectivity index (χ4v) is 1.94. The molecule has 11 heteroatoms. The molecule has 0 aliphatic carbocycles. The molecule has 1 amide bonds. The number of alkyl halides is 3. The minimum atomic E-state index is -5.11. The van der Waals surface area contributed by atoms with Crippen LogP contribution in [0.4, 0.5) is 13.2 Å². The van der Waals surface area contributed by atoms with Crippen molar-refractivity contribution in [1.82, 2.24) is 19.9 Å². The van der Waals surface area contributed by atoms with Crippen LogP contribution in [0.1, 0.15) is 5.69 Å². The lowest BCUT2D eigenvalue weighted by Crippen LogP contribution is -2.48. The molecular formula is C12H10ClF3N4O3. The second-order valence-electron chi connectivity index (χ2n) is 4.44. The minimum absolute atomic E-state index is 0.191. The van der Waals surface area contributed by atoms with Crippen molar-refractivity contribution in [1.29, 1.82) is 0 Å². The van der Waals surface area contributed by atoms with Crippen molar-refractivity contribution >= 4 is 29.1 Å². The van der Waals surface area contributed by atoms with E-state index < -0.39 is 24.1 Å². The highest BCUT2D eigenvalue weighted by Crippen LogP contribution is 2.16. The summed E-state index contributed by atoms with van der Waals surface area (Å²) < 4.78 is 42.7. The molecule has 2 heterocycles. The summed E-state index contributed by atoms with van der Waals surface area (Å²) in [6.07, 6.45) is -4.02. The van der Waals surface area contributed by atoms with Crippen LogP contribution in [0.15, 0.2) is 18.3 Å². The summed E-state index contributed by atoms with van der Waals surface area (Å²) in [6.45, 7) is 0. The molecule has 0 unspecified atom stereocenters. The Labute approximate surface area is 132 Å². The van der Waals surface area contributed by atoms with Crippen molar-refractivity contribution in [2.24, 2.45) is 0 Å². The normalized spacial score (nSPS) is 12.9. The van der Waals surface area contributed by atoms with Gasteiger partial charge in [-0.1, -0.05) is 11.6 Å². The molecule has 23 heavy (non-hydrogen) atoms. The Hall–Kier alpha value is -2.36. The fourth-order valence-electron chi connectivity index (χ4n) is 1.79. The first-order valence-corrected chi connectivity index (χ1v) is 6.55. The zero-order chi connectivity index (χ0) is 17.2. The third-order valence-corrected chi connectivity index (χ3v) is 3.00. The van der Waals surface area contributed by atoms with E-state index in [0.717, 1.165) is 7.11 Å². The van der Waals surface area contributed by atoms with E-state index in [0.29, 0.717) is 5.65 Å². The van der Waals surface area contributed by atoms with Crippen molar-refractivity contribution in [2.75, 3.05) is 7.11 Å². The molecule has 0 radical (unpaired) electrons. The van der Waals surface area contributed by atoms with Gasteiger partial charge < -0.3 is 10.1 Å². The van der Waals surface area contributed by atoms with E-state index >= 15 is 0 Å². The van der Waals surface area contributed by atoms with Crippen LogP contribution in [-0.4, -0.2) is 45.8 Å². The number of nitrogens with zero attached hydrogens (tertiary/aromatic N) is 3. The first kappa shape index (κ1) is 17.0. The summed E-state index contributed by atoms with van der Waals surface area (Å²) in [7, 11) is 1.00. The Morgan fingerprint density at radius 3 is 2.74 bits per heavy atom. The van der Waals surface area contributed by atoms with Gasteiger partial charge in [-0.25, -0.2) is 14.3 Å². The number of amides is 1. The van der Waals surface area contributed by atoms with Crippen molar-refractivity contribution in [3.8, 4) is 0 Å². The molecule has 0 aliphatic heterocycles. The Morgan fingerprint density at radius 2 is 2.13 bits per heavy atom. The van der Waals surface area contributed by atoms with Crippen LogP contribution in [-0.2, 0) is 20.7 Å². The zero-order valence-corrected chi connectivity index (χ0v) is 12.4. The quantitative estimate of drug-likeness (QED) is 0.836. The minimum Gasteiger partial charge on any atom is -0.467 e. The summed E-state index contributed by atoms with van der Waals surface area (Å²) in [5.74, 6) is -3.26. The van der Waals surface area contributed by atoms with E-state index in [1.54, 1.807) is 11.4 Å². The van der Waals surface area contributed by atoms with E-state index in [4.69, 9.17) is 11.6 Å². The monoisotopic (exact) mass is 350 g/mol. The van der Waals surface area contributed by atoms with Gasteiger partial charge in [0.1, 0.15) is 11.2 Å². The molecular weight excluding hydrogens is 341 g/mol. The largest absolute Gasteiger partial charge is 0.471 e. The van der Waals surface area contributed by atoms with Gasteiger partial charge in [-0.15, -0.1) is 0 Å². The van der Waals surface area contributed by atoms with Gasteiger partial charge in [0.05, 0.1) is 19.0 Å². The lowest BCUT2D eigenvalue weighted by molar-refractivity contribution is -0.175. The molecule has 2 aromatic rings. The number of nitrogens with one attached hydrogen (secondary N) is 1. The second-order valence-corrected chi connectivity index (χ2v) is 4.83. The third kappa shape index (κ3) is 4.09. The van der Waals surface area contributed by atoms with Crippen LogP contribution >= 0.6 is 11.6 Å². The molecule has 1 N–H and O–H groups in total. The van der Waals surface area contributed by atoms with Crippen molar-refractivity contribution in [3.05, 3.63) is 29.2 Å². The molecule has 0 bridgehead atoms. The van der Waals surface area contributed by atoms with Crippen molar-refractivity contribution in [3.63, 3.8) is 0 Å². The van der Waals surface area contributed by atoms with Gasteiger partial charge in [-0.05, 0) is 12.1 Å². The molecule has 0 aromatic carbocycles. The maximum atomic E-state index is 12.3. The number of methoxy groups -OCH3 is 1. The molecule has 0 fully saturated rings. The van der Waals surface area contributed by atoms with Crippen LogP contribution in [0.25, 0.3) is 5.65 Å². The summed E-state index contributed by atoms with van der Waals surface area (Å²) in [5.41, 5.74) is 0.618. The first-order valence-electron chi connectivity index (χ1n) is 6.17. The molecule has 2 rings (SSSR count). The van der Waals surface area contributed by atoms with Crippen LogP contribution in [0, 0.1) is 0 Å². The standard InChI is InChI=1S/C12H10ClF3N4O3/c1-23-10(21)7(18-11(22)12(14,15)16)4-6-5-20-9(17-6)3-2-8(13)19-20/h2-3,5,7H,4H2,1H3,(H,18,22)/t7-/m1/s1. The van der Waals surface area contributed by atoms with Crippen LogP contribution in [0.2, 0.25) is 5.15 Å². The highest BCUT2D eigenvalue weighted by atomic mass is 35.5. The predicted octanol–water partition coefficient (Wildman–Crippen LogP) is 1.15. The number of rotatable bonds is 4. The molecule has 1 atom stereocenters. The van der Waals surface area contributed by atoms with E-state index in [1.807, 2.05) is 0 Å². The molecule has 0 spiro atoms. The van der Waals surface area contributed by atoms with E-state index in [2.05, 4.69) is 14.8 Å². The summed E-state index contributed by atoms with van der Waals surface area (Å²) in [6, 6.07) is 1.49. The number of hydrogen-bond donors (Lipinski definition) is 1. The number of imidazole rings is 1. The maximum absolute atomic E-state index is 12.3. The van der Waals surface area contributed by atoms with Crippen LogP contribution in [0.3, 0.4) is 0 Å². The smallest absolute Gasteiger partial charge is 0.467 e. The van der Waals surface area contributed by atoms with E-state index in [9.17, 15) is 22.8 Å². The Morgan fingerprint density at radius 1 is 1.43 bits per heavy atom. The van der Waals surface area contributed by atoms with Gasteiger partial charge in [-0.2, -0.15) is 18.3 Å². The van der Waals surface area contributed by atoms with E-state index in [-0.39, 0.29) is 17.3 Å². The third-order valence-electron chi connectivity index (χ3n) is 2.80. The van der Waals surface area contributed by atoms with Gasteiger partial charge in [0, 0.05) is 6.42 Å². The van der Waals surface area contributed by atoms with E-state index in [1.165, 1.54) is 16.8 Å². The van der Waals surface area contributed by atoms with Crippen LogP contribution in [0.5, 0.6) is 0 Å². The number of aromatic nitrogens is 3. The maximum Gasteiger partial charge on any atom is 0.471 e. The number of halogens is 4. The molecule has 2 aromatic heterocycles. The summed E-state index contributed by atoms with van der Waals surface area (Å²) in [4.78, 5) is 26.7. The van der Waals surface area contributed by atoms with Gasteiger partial charge in [0.15, 0.2) is 5.65 Å². The van der Waals surface area contributed by atoms with Crippen molar-refractivity contribution < 1.29 is 27.5 Å². The van der Waals surface area contributed by atoms with Crippen LogP contribution < -0.4 is 5.32 Å². The number of carbonyl (C=O) groups is 2. The number of ether oxygens (including phenoxy) is 1. The molecule has 124 valence electrons. The van der Waals surface area contributed by atoms with Gasteiger partial charge in [0.25, 0.3) is 0 Å². The number of hydrogen-bond acceptors (Lipinski definition) is 5. The second kappa shape index (κ2) is 6.41. The Balaban J connectivity index is 2.22. The fraction of sp³-hybridized carbons (Fsp3) is 0.333. The molecule has 0 saturated carbocycles. The molecule has 0 aliphatic rings. The molecule has 7 nitrogen and oxygen atoms in total. The summed E-state index contributed by atoms with van der Waals surface area (Å²) >= 11 is 5.71. The number of fused-ring (bicyclic) bond motifs is 1. The average Bonchev–Trinajstić information content (AvgIpc) is 2.86. The Bertz CT molecular complexity index is 747. The number of carbonyl (C=O) groups excluding carboxylic acids is 2. The topological polar surface area (TPSA) is 85.6 Å². The number of esters is 1. The zero-order valence-electron chi connectivity index (χ0n) is 11.6. The first-order chi connectivity index (χ1) is 10.7. The Kier molecular flexibility index (Phi) is 4.73. The van der Waals surface area contributed by atoms with Gasteiger partial charge in [-0.3, -0.25) is 4.79 Å². The predicted molar refractivity (Wildman–Crippen MR) is 71.7 cm³/mol. The summed E-state index contributed by atoms with van der Waals surface area (Å²) in [5, 5.41) is 5.67. The highest BCUT2D eigenvalue weighted by molar-refractivity contribution is 6.29.